The van der Waals surface area contributed by atoms with Crippen LogP contribution < -0.4 is 5.73 Å². The fourth-order valence-electron chi connectivity index (χ4n) is 0.620. The fraction of sp³-hybridized carbons (Fsp3) is 0.571. The molecule has 0 amide bonds. The third kappa shape index (κ3) is 3.76. The minimum Gasteiger partial charge on any atom is -0.390 e. The van der Waals surface area contributed by atoms with Crippen LogP contribution >= 0.6 is 0 Å². The molecule has 0 atom stereocenters. The first-order valence-corrected chi connectivity index (χ1v) is 3.28. The number of hydrogen-bond acceptors (Lipinski definition) is 1. The summed E-state index contributed by atoms with van der Waals surface area (Å²) in [4.78, 5) is 3.95. The SMILES string of the molecule is CCC=C(CC)N=CN. The molecule has 0 aliphatic carbocycles. The molecule has 0 bridgehead atoms. The number of nitrogens with two attached hydrogens (primary N) is 1. The van der Waals surface area contributed by atoms with Gasteiger partial charge >= 0.3 is 0 Å². The standard InChI is InChI=1S/C7H14N2/c1-3-5-7(4-2)9-6-8/h5-6H,3-4H2,1-2H3,(H2,8,9). The summed E-state index contributed by atoms with van der Waals surface area (Å²) < 4.78 is 0. The van der Waals surface area contributed by atoms with Gasteiger partial charge in [0.05, 0.1) is 6.34 Å². The maximum Gasteiger partial charge on any atom is 0.0856 e. The number of aliphatic imine (C=N–C) groups is 1. The minimum absolute atomic E-state index is 0.960. The van der Waals surface area contributed by atoms with Gasteiger partial charge in [0.25, 0.3) is 0 Å². The van der Waals surface area contributed by atoms with Crippen LogP contribution in [-0.2, 0) is 0 Å². The van der Waals surface area contributed by atoms with Gasteiger partial charge in [-0.3, -0.25) is 0 Å². The lowest BCUT2D eigenvalue weighted by molar-refractivity contribution is 1.03. The first kappa shape index (κ1) is 8.21. The molecule has 0 saturated heterocycles. The van der Waals surface area contributed by atoms with Crippen molar-refractivity contribution in [1.29, 1.82) is 0 Å². The Labute approximate surface area is 56.5 Å². The molecule has 0 aliphatic heterocycles. The highest BCUT2D eigenvalue weighted by Crippen LogP contribution is 2.01. The van der Waals surface area contributed by atoms with Crippen LogP contribution in [0.4, 0.5) is 0 Å². The average Bonchev–Trinajstić information content (AvgIpc) is 1.88. The van der Waals surface area contributed by atoms with Gasteiger partial charge < -0.3 is 5.73 Å². The minimum atomic E-state index is 0.960. The molecule has 0 spiro atoms. The molecule has 0 heterocycles. The van der Waals surface area contributed by atoms with E-state index in [-0.39, 0.29) is 0 Å². The van der Waals surface area contributed by atoms with Gasteiger partial charge in [-0.25, -0.2) is 4.99 Å². The van der Waals surface area contributed by atoms with Crippen molar-refractivity contribution in [3.8, 4) is 0 Å². The predicted octanol–water partition coefficient (Wildman–Crippen LogP) is 1.68. The number of hydrogen-bond donors (Lipinski definition) is 1. The molecule has 0 aromatic carbocycles. The Kier molecular flexibility index (Phi) is 4.88. The zero-order valence-corrected chi connectivity index (χ0v) is 6.09. The van der Waals surface area contributed by atoms with Gasteiger partial charge in [-0.15, -0.1) is 0 Å². The van der Waals surface area contributed by atoms with Gasteiger partial charge in [0.2, 0.25) is 0 Å². The quantitative estimate of drug-likeness (QED) is 0.453. The Hall–Kier alpha value is -0.790. The Balaban J connectivity index is 3.81. The van der Waals surface area contributed by atoms with Gasteiger partial charge in [0, 0.05) is 5.70 Å². The summed E-state index contributed by atoms with van der Waals surface area (Å²) >= 11 is 0. The summed E-state index contributed by atoms with van der Waals surface area (Å²) in [7, 11) is 0. The molecule has 0 aliphatic rings. The van der Waals surface area contributed by atoms with Crippen LogP contribution in [0.1, 0.15) is 26.7 Å². The van der Waals surface area contributed by atoms with E-state index in [0.29, 0.717) is 0 Å². The Morgan fingerprint density at radius 1 is 1.56 bits per heavy atom. The van der Waals surface area contributed by atoms with Crippen molar-refractivity contribution in [1.82, 2.24) is 0 Å². The molecule has 52 valence electrons. The summed E-state index contributed by atoms with van der Waals surface area (Å²) in [6.07, 6.45) is 5.40. The van der Waals surface area contributed by atoms with E-state index >= 15 is 0 Å². The first-order chi connectivity index (χ1) is 4.35. The Bertz CT molecular complexity index is 114. The van der Waals surface area contributed by atoms with Gasteiger partial charge in [-0.05, 0) is 12.8 Å². The second-order valence-corrected chi connectivity index (χ2v) is 1.74. The van der Waals surface area contributed by atoms with Crippen LogP contribution in [0.25, 0.3) is 0 Å². The molecule has 2 nitrogen and oxygen atoms in total. The highest BCUT2D eigenvalue weighted by Gasteiger charge is 1.83. The lowest BCUT2D eigenvalue weighted by atomic mass is 10.3. The van der Waals surface area contributed by atoms with Gasteiger partial charge in [0.15, 0.2) is 0 Å². The van der Waals surface area contributed by atoms with E-state index in [1.807, 2.05) is 0 Å². The van der Waals surface area contributed by atoms with Crippen LogP contribution in [0.5, 0.6) is 0 Å². The molecule has 9 heavy (non-hydrogen) atoms. The van der Waals surface area contributed by atoms with E-state index in [1.165, 1.54) is 6.34 Å². The van der Waals surface area contributed by atoms with Crippen molar-refractivity contribution in [2.75, 3.05) is 0 Å². The molecule has 0 fully saturated rings. The first-order valence-electron chi connectivity index (χ1n) is 3.28. The van der Waals surface area contributed by atoms with Crippen molar-refractivity contribution in [3.63, 3.8) is 0 Å². The zero-order chi connectivity index (χ0) is 7.11. The van der Waals surface area contributed by atoms with E-state index in [4.69, 9.17) is 5.73 Å². The summed E-state index contributed by atoms with van der Waals surface area (Å²) in [6, 6.07) is 0. The van der Waals surface area contributed by atoms with Crippen molar-refractivity contribution in [2.24, 2.45) is 10.7 Å². The molecule has 2 heteroatoms. The summed E-state index contributed by atoms with van der Waals surface area (Å²) in [5.74, 6) is 0. The summed E-state index contributed by atoms with van der Waals surface area (Å²) in [5.41, 5.74) is 6.17. The number of allylic oxidation sites excluding steroid dienone is 2. The highest BCUT2D eigenvalue weighted by molar-refractivity contribution is 5.53. The van der Waals surface area contributed by atoms with E-state index < -0.39 is 0 Å². The molecule has 0 aromatic rings. The molecular weight excluding hydrogens is 112 g/mol. The van der Waals surface area contributed by atoms with Crippen LogP contribution in [-0.4, -0.2) is 6.34 Å². The second-order valence-electron chi connectivity index (χ2n) is 1.74. The Morgan fingerprint density at radius 3 is 2.56 bits per heavy atom. The average molecular weight is 126 g/mol. The summed E-state index contributed by atoms with van der Waals surface area (Å²) in [5, 5.41) is 0. The lowest BCUT2D eigenvalue weighted by Gasteiger charge is -1.91. The summed E-state index contributed by atoms with van der Waals surface area (Å²) in [6.45, 7) is 4.15. The lowest BCUT2D eigenvalue weighted by Crippen LogP contribution is -1.89. The number of rotatable bonds is 3. The predicted molar refractivity (Wildman–Crippen MR) is 41.3 cm³/mol. The van der Waals surface area contributed by atoms with E-state index in [0.717, 1.165) is 18.5 Å². The number of nitrogens with zero attached hydrogens (tertiary/aromatic N) is 1. The van der Waals surface area contributed by atoms with Gasteiger partial charge in [-0.2, -0.15) is 0 Å². The molecular formula is C7H14N2. The monoisotopic (exact) mass is 126 g/mol. The van der Waals surface area contributed by atoms with E-state index in [2.05, 4.69) is 24.9 Å². The highest BCUT2D eigenvalue weighted by atomic mass is 14.8. The maximum atomic E-state index is 5.10. The molecule has 0 radical (unpaired) electrons. The molecule has 2 N–H and O–H groups in total. The third-order valence-electron chi connectivity index (χ3n) is 1.04. The molecule has 0 rings (SSSR count). The van der Waals surface area contributed by atoms with Crippen LogP contribution in [0.3, 0.4) is 0 Å². The third-order valence-corrected chi connectivity index (χ3v) is 1.04. The van der Waals surface area contributed by atoms with Crippen molar-refractivity contribution in [2.45, 2.75) is 26.7 Å². The molecule has 0 saturated carbocycles. The van der Waals surface area contributed by atoms with Gasteiger partial charge in [-0.1, -0.05) is 19.9 Å². The smallest absolute Gasteiger partial charge is 0.0856 e. The second kappa shape index (κ2) is 5.35. The normalized spacial score (nSPS) is 12.9. The largest absolute Gasteiger partial charge is 0.390 e. The van der Waals surface area contributed by atoms with Gasteiger partial charge in [0.1, 0.15) is 0 Å². The topological polar surface area (TPSA) is 38.4 Å². The molecule has 0 aromatic heterocycles. The van der Waals surface area contributed by atoms with Crippen molar-refractivity contribution < 1.29 is 0 Å². The zero-order valence-electron chi connectivity index (χ0n) is 6.09. The van der Waals surface area contributed by atoms with Crippen molar-refractivity contribution in [3.05, 3.63) is 11.8 Å². The van der Waals surface area contributed by atoms with Crippen LogP contribution in [0.15, 0.2) is 16.8 Å². The van der Waals surface area contributed by atoms with Crippen LogP contribution in [0, 0.1) is 0 Å². The van der Waals surface area contributed by atoms with E-state index in [1.54, 1.807) is 0 Å². The van der Waals surface area contributed by atoms with Crippen molar-refractivity contribution >= 4 is 6.34 Å². The van der Waals surface area contributed by atoms with E-state index in [9.17, 15) is 0 Å². The Morgan fingerprint density at radius 2 is 2.22 bits per heavy atom. The fourth-order valence-corrected chi connectivity index (χ4v) is 0.620. The van der Waals surface area contributed by atoms with Crippen LogP contribution in [0.2, 0.25) is 0 Å². The molecule has 0 unspecified atom stereocenters. The maximum absolute atomic E-state index is 5.10.